The first-order chi connectivity index (χ1) is 16.5. The standard InChI is InChI=1S/C24H22FN7O2/c1-15(33)16-7-9-19(10-8-16)27-24(34)28-23-30-29-21-13-26-22(14-32(21)23)31-11-3-6-20(31)17-4-2-5-18(25)12-17/h2,4-5,7-10,12-14,20H,3,6,11H2,1H3,(H2,27,28,30,34)/t20-/m1/s1. The maximum atomic E-state index is 13.8. The van der Waals surface area contributed by atoms with E-state index in [1.54, 1.807) is 53.2 Å². The Bertz CT molecular complexity index is 1370. The van der Waals surface area contributed by atoms with Crippen LogP contribution in [0, 0.1) is 5.82 Å². The van der Waals surface area contributed by atoms with E-state index < -0.39 is 6.03 Å². The van der Waals surface area contributed by atoms with Gasteiger partial charge in [0.1, 0.15) is 11.6 Å². The van der Waals surface area contributed by atoms with Crippen LogP contribution in [0.25, 0.3) is 5.65 Å². The van der Waals surface area contributed by atoms with Gasteiger partial charge in [0.2, 0.25) is 5.95 Å². The van der Waals surface area contributed by atoms with Crippen LogP contribution < -0.4 is 15.5 Å². The molecule has 2 aromatic carbocycles. The van der Waals surface area contributed by atoms with Crippen molar-refractivity contribution in [2.75, 3.05) is 22.1 Å². The van der Waals surface area contributed by atoms with Gasteiger partial charge in [-0.15, -0.1) is 10.2 Å². The highest BCUT2D eigenvalue weighted by Crippen LogP contribution is 2.35. The van der Waals surface area contributed by atoms with Crippen molar-refractivity contribution in [2.24, 2.45) is 0 Å². The van der Waals surface area contributed by atoms with Crippen molar-refractivity contribution in [2.45, 2.75) is 25.8 Å². The molecule has 0 unspecified atom stereocenters. The molecule has 2 amide bonds. The van der Waals surface area contributed by atoms with Gasteiger partial charge in [-0.1, -0.05) is 12.1 Å². The summed E-state index contributed by atoms with van der Waals surface area (Å²) in [5.74, 6) is 0.605. The number of carbonyl (C=O) groups excluding carboxylic acids is 2. The maximum absolute atomic E-state index is 13.8. The zero-order valence-electron chi connectivity index (χ0n) is 18.4. The van der Waals surface area contributed by atoms with Crippen LogP contribution in [-0.2, 0) is 0 Å². The molecule has 1 saturated heterocycles. The van der Waals surface area contributed by atoms with Crippen LogP contribution in [0.3, 0.4) is 0 Å². The summed E-state index contributed by atoms with van der Waals surface area (Å²) in [5, 5.41) is 13.5. The fraction of sp³-hybridized carbons (Fsp3) is 0.208. The number of nitrogens with one attached hydrogen (secondary N) is 2. The number of Topliss-reactive ketones (excluding diaryl/α,β-unsaturated/α-hetero) is 1. The van der Waals surface area contributed by atoms with Gasteiger partial charge in [0.25, 0.3) is 0 Å². The van der Waals surface area contributed by atoms with Crippen molar-refractivity contribution in [1.82, 2.24) is 19.6 Å². The van der Waals surface area contributed by atoms with Crippen LogP contribution in [0.1, 0.15) is 41.7 Å². The molecular weight excluding hydrogens is 437 g/mol. The second kappa shape index (κ2) is 8.89. The predicted octanol–water partition coefficient (Wildman–Crippen LogP) is 4.45. The molecule has 1 fully saturated rings. The van der Waals surface area contributed by atoms with Gasteiger partial charge in [0, 0.05) is 17.8 Å². The molecule has 0 spiro atoms. The van der Waals surface area contributed by atoms with Crippen LogP contribution >= 0.6 is 0 Å². The van der Waals surface area contributed by atoms with Crippen molar-refractivity contribution in [1.29, 1.82) is 0 Å². The Hall–Kier alpha value is -4.34. The Balaban J connectivity index is 1.35. The van der Waals surface area contributed by atoms with E-state index in [0.717, 1.165) is 24.9 Å². The van der Waals surface area contributed by atoms with E-state index in [2.05, 4.69) is 30.7 Å². The van der Waals surface area contributed by atoms with Crippen molar-refractivity contribution < 1.29 is 14.0 Å². The molecule has 10 heteroatoms. The zero-order valence-corrected chi connectivity index (χ0v) is 18.4. The van der Waals surface area contributed by atoms with Crippen molar-refractivity contribution in [3.8, 4) is 0 Å². The van der Waals surface area contributed by atoms with Gasteiger partial charge in [0.15, 0.2) is 11.4 Å². The Morgan fingerprint density at radius 3 is 2.68 bits per heavy atom. The number of rotatable bonds is 5. The first kappa shape index (κ1) is 21.5. The third-order valence-corrected chi connectivity index (χ3v) is 5.83. The first-order valence-electron chi connectivity index (χ1n) is 10.9. The van der Waals surface area contributed by atoms with E-state index in [1.807, 2.05) is 6.07 Å². The van der Waals surface area contributed by atoms with Gasteiger partial charge < -0.3 is 10.2 Å². The second-order valence-electron chi connectivity index (χ2n) is 8.12. The molecule has 4 aromatic rings. The Kier molecular flexibility index (Phi) is 5.62. The van der Waals surface area contributed by atoms with Crippen LogP contribution in [0.4, 0.5) is 26.6 Å². The molecule has 2 aromatic heterocycles. The molecule has 3 heterocycles. The number of hydrogen-bond donors (Lipinski definition) is 2. The number of aromatic nitrogens is 4. The Morgan fingerprint density at radius 2 is 1.91 bits per heavy atom. The van der Waals surface area contributed by atoms with E-state index in [-0.39, 0.29) is 23.6 Å². The van der Waals surface area contributed by atoms with Gasteiger partial charge in [-0.2, -0.15) is 0 Å². The van der Waals surface area contributed by atoms with E-state index in [9.17, 15) is 14.0 Å². The van der Waals surface area contributed by atoms with E-state index in [0.29, 0.717) is 22.7 Å². The van der Waals surface area contributed by atoms with Gasteiger partial charge in [0.05, 0.1) is 18.4 Å². The number of benzene rings is 2. The number of fused-ring (bicyclic) bond motifs is 1. The van der Waals surface area contributed by atoms with Crippen LogP contribution in [0.2, 0.25) is 0 Å². The molecule has 0 saturated carbocycles. The summed E-state index contributed by atoms with van der Waals surface area (Å²) >= 11 is 0. The van der Waals surface area contributed by atoms with Crippen LogP contribution in [0.5, 0.6) is 0 Å². The minimum atomic E-state index is -0.498. The van der Waals surface area contributed by atoms with Crippen molar-refractivity contribution in [3.05, 3.63) is 77.9 Å². The largest absolute Gasteiger partial charge is 0.348 e. The lowest BCUT2D eigenvalue weighted by molar-refractivity contribution is 0.101. The van der Waals surface area contributed by atoms with E-state index >= 15 is 0 Å². The summed E-state index contributed by atoms with van der Waals surface area (Å²) < 4.78 is 15.4. The number of halogens is 1. The van der Waals surface area contributed by atoms with Crippen molar-refractivity contribution >= 4 is 34.9 Å². The lowest BCUT2D eigenvalue weighted by Gasteiger charge is -2.26. The summed E-state index contributed by atoms with van der Waals surface area (Å²) in [6, 6.07) is 12.7. The highest BCUT2D eigenvalue weighted by molar-refractivity contribution is 5.99. The average molecular weight is 459 g/mol. The number of hydrogen-bond acceptors (Lipinski definition) is 6. The van der Waals surface area contributed by atoms with Crippen molar-refractivity contribution in [3.63, 3.8) is 0 Å². The summed E-state index contributed by atoms with van der Waals surface area (Å²) in [6.07, 6.45) is 5.21. The van der Waals surface area contributed by atoms with E-state index in [4.69, 9.17) is 0 Å². The molecule has 1 atom stereocenters. The number of anilines is 3. The smallest absolute Gasteiger partial charge is 0.326 e. The van der Waals surface area contributed by atoms with Gasteiger partial charge in [-0.25, -0.2) is 14.2 Å². The molecule has 1 aliphatic rings. The molecule has 1 aliphatic heterocycles. The number of ketones is 1. The molecule has 0 bridgehead atoms. The minimum Gasteiger partial charge on any atom is -0.348 e. The fourth-order valence-electron chi connectivity index (χ4n) is 4.18. The molecule has 34 heavy (non-hydrogen) atoms. The van der Waals surface area contributed by atoms with E-state index in [1.165, 1.54) is 13.0 Å². The highest BCUT2D eigenvalue weighted by Gasteiger charge is 2.28. The van der Waals surface area contributed by atoms with Gasteiger partial charge in [-0.05, 0) is 61.7 Å². The quantitative estimate of drug-likeness (QED) is 0.427. The molecule has 2 N–H and O–H groups in total. The molecule has 172 valence electrons. The number of carbonyl (C=O) groups is 2. The molecule has 9 nitrogen and oxygen atoms in total. The van der Waals surface area contributed by atoms with Gasteiger partial charge >= 0.3 is 6.03 Å². The Morgan fingerprint density at radius 1 is 1.09 bits per heavy atom. The summed E-state index contributed by atoms with van der Waals surface area (Å²) in [6.45, 7) is 2.26. The fourth-order valence-corrected chi connectivity index (χ4v) is 4.18. The Labute approximate surface area is 194 Å². The zero-order chi connectivity index (χ0) is 23.7. The number of urea groups is 1. The SMILES string of the molecule is CC(=O)c1ccc(NC(=O)Nc2nnc3cnc(N4CCC[C@@H]4c4cccc(F)c4)cn23)cc1. The monoisotopic (exact) mass is 459 g/mol. The second-order valence-corrected chi connectivity index (χ2v) is 8.12. The summed E-state index contributed by atoms with van der Waals surface area (Å²) in [5.41, 5.74) is 2.48. The lowest BCUT2D eigenvalue weighted by Crippen LogP contribution is -2.24. The maximum Gasteiger partial charge on any atom is 0.326 e. The molecule has 0 aliphatic carbocycles. The highest BCUT2D eigenvalue weighted by atomic mass is 19.1. The predicted molar refractivity (Wildman–Crippen MR) is 126 cm³/mol. The molecule has 5 rings (SSSR count). The summed E-state index contributed by atoms with van der Waals surface area (Å²) in [7, 11) is 0. The summed E-state index contributed by atoms with van der Waals surface area (Å²) in [4.78, 5) is 30.6. The van der Waals surface area contributed by atoms with Gasteiger partial charge in [-0.3, -0.25) is 14.5 Å². The van der Waals surface area contributed by atoms with Crippen LogP contribution in [-0.4, -0.2) is 37.9 Å². The molecule has 0 radical (unpaired) electrons. The third-order valence-electron chi connectivity index (χ3n) is 5.83. The lowest BCUT2D eigenvalue weighted by atomic mass is 10.0. The normalized spacial score (nSPS) is 15.5. The minimum absolute atomic E-state index is 0.00909. The number of nitrogens with zero attached hydrogens (tertiary/aromatic N) is 5. The average Bonchev–Trinajstić information content (AvgIpc) is 3.47. The first-order valence-corrected chi connectivity index (χ1v) is 10.9. The molecular formula is C24H22FN7O2. The third kappa shape index (κ3) is 4.29. The van der Waals surface area contributed by atoms with Crippen LogP contribution in [0.15, 0.2) is 60.9 Å². The topological polar surface area (TPSA) is 105 Å². The number of amides is 2.